The zero-order chi connectivity index (χ0) is 28.9. The summed E-state index contributed by atoms with van der Waals surface area (Å²) in [6, 6.07) is 20.6. The van der Waals surface area contributed by atoms with Crippen molar-refractivity contribution in [3.05, 3.63) is 96.6 Å². The highest BCUT2D eigenvalue weighted by Crippen LogP contribution is 2.37. The van der Waals surface area contributed by atoms with E-state index in [1.165, 1.54) is 0 Å². The third-order valence-corrected chi connectivity index (χ3v) is 6.24. The number of carbonyl (C=O) groups excluding carboxylic acids is 1. The molecule has 2 aromatic heterocycles. The quantitative estimate of drug-likeness (QED) is 0.223. The molecule has 7 nitrogen and oxygen atoms in total. The molecule has 1 atom stereocenters. The van der Waals surface area contributed by atoms with Gasteiger partial charge in [0.2, 0.25) is 5.91 Å². The fourth-order valence-electron chi connectivity index (χ4n) is 4.13. The first-order valence-corrected chi connectivity index (χ1v) is 13.0. The van der Waals surface area contributed by atoms with Crippen molar-refractivity contribution in [1.82, 2.24) is 14.9 Å². The van der Waals surface area contributed by atoms with E-state index in [2.05, 4.69) is 28.7 Å². The molecule has 0 aliphatic heterocycles. The molecule has 204 valence electrons. The number of aromatic nitrogens is 2. The Kier molecular flexibility index (Phi) is 8.40. The van der Waals surface area contributed by atoms with E-state index in [1.807, 2.05) is 81.4 Å². The minimum absolute atomic E-state index is 0.272. The second-order valence-corrected chi connectivity index (χ2v) is 10.3. The summed E-state index contributed by atoms with van der Waals surface area (Å²) in [4.78, 5) is 24.2. The van der Waals surface area contributed by atoms with Crippen molar-refractivity contribution < 1.29 is 14.3 Å². The zero-order valence-electron chi connectivity index (χ0n) is 23.8. The van der Waals surface area contributed by atoms with E-state index in [0.717, 1.165) is 27.6 Å². The maximum atomic E-state index is 13.4. The first-order valence-electron chi connectivity index (χ1n) is 13.0. The summed E-state index contributed by atoms with van der Waals surface area (Å²) in [6.07, 6.45) is 1.76. The molecule has 0 aliphatic carbocycles. The molecule has 0 fully saturated rings. The Morgan fingerprint density at radius 1 is 1.02 bits per heavy atom. The lowest BCUT2D eigenvalue weighted by atomic mass is 9.99. The van der Waals surface area contributed by atoms with Gasteiger partial charge in [-0.15, -0.1) is 0 Å². The summed E-state index contributed by atoms with van der Waals surface area (Å²) in [5.74, 6) is 7.29. The number of pyridine rings is 2. The summed E-state index contributed by atoms with van der Waals surface area (Å²) in [7, 11) is 3.36. The molecular formula is C33H34N4O3. The second-order valence-electron chi connectivity index (χ2n) is 10.3. The number of methoxy groups -OCH3 is 1. The molecule has 1 unspecified atom stereocenters. The van der Waals surface area contributed by atoms with Crippen LogP contribution in [-0.4, -0.2) is 46.6 Å². The molecule has 0 aliphatic rings. The third-order valence-electron chi connectivity index (χ3n) is 6.24. The van der Waals surface area contributed by atoms with E-state index in [0.29, 0.717) is 23.1 Å². The van der Waals surface area contributed by atoms with Crippen LogP contribution in [0.4, 0.5) is 5.82 Å². The van der Waals surface area contributed by atoms with Crippen LogP contribution in [0.3, 0.4) is 0 Å². The monoisotopic (exact) mass is 534 g/mol. The number of nitrogens with zero attached hydrogens (tertiary/aromatic N) is 3. The molecule has 4 aromatic rings. The predicted octanol–water partition coefficient (Wildman–Crippen LogP) is 6.25. The highest BCUT2D eigenvalue weighted by molar-refractivity contribution is 5.99. The number of fused-ring (bicyclic) bond motifs is 1. The van der Waals surface area contributed by atoms with Crippen LogP contribution in [0.1, 0.15) is 39.0 Å². The van der Waals surface area contributed by atoms with E-state index in [4.69, 9.17) is 14.5 Å². The van der Waals surface area contributed by atoms with Gasteiger partial charge in [0.1, 0.15) is 17.5 Å². The number of nitrogens with one attached hydrogen (secondary N) is 1. The van der Waals surface area contributed by atoms with Crippen LogP contribution in [0.25, 0.3) is 22.0 Å². The third kappa shape index (κ3) is 6.59. The average molecular weight is 535 g/mol. The van der Waals surface area contributed by atoms with Gasteiger partial charge in [0.15, 0.2) is 17.3 Å². The topological polar surface area (TPSA) is 76.6 Å². The lowest BCUT2D eigenvalue weighted by Crippen LogP contribution is -2.41. The van der Waals surface area contributed by atoms with Crippen LogP contribution in [0.5, 0.6) is 5.75 Å². The summed E-state index contributed by atoms with van der Waals surface area (Å²) in [6.45, 7) is 11.6. The molecule has 7 heteroatoms. The highest BCUT2D eigenvalue weighted by Gasteiger charge is 2.24. The lowest BCUT2D eigenvalue weighted by Gasteiger charge is -2.32. The van der Waals surface area contributed by atoms with Crippen LogP contribution < -0.4 is 10.1 Å². The molecule has 4 rings (SSSR count). The van der Waals surface area contributed by atoms with Crippen molar-refractivity contribution >= 4 is 22.6 Å². The molecule has 40 heavy (non-hydrogen) atoms. The highest BCUT2D eigenvalue weighted by atomic mass is 16.5. The predicted molar refractivity (Wildman–Crippen MR) is 160 cm³/mol. The number of rotatable bonds is 7. The van der Waals surface area contributed by atoms with Crippen LogP contribution in [0, 0.1) is 11.8 Å². The number of hydrogen-bond acceptors (Lipinski definition) is 6. The standard InChI is InChI=1S/C33H34N4O3/c1-22(37(6)23(2)40-33(3,4)5)32(38)36-30-21-27(25-15-11-17-28-26(25)16-12-20-34-28)31(39-7)29(35-30)19-18-24-13-9-8-10-14-24/h8-17,20-22H,2H2,1,3-7H3,(H,35,36,38). The van der Waals surface area contributed by atoms with Crippen molar-refractivity contribution in [2.45, 2.75) is 39.3 Å². The van der Waals surface area contributed by atoms with Crippen LogP contribution in [-0.2, 0) is 9.53 Å². The maximum absolute atomic E-state index is 13.4. The van der Waals surface area contributed by atoms with Crippen LogP contribution in [0.15, 0.2) is 85.4 Å². The van der Waals surface area contributed by atoms with Gasteiger partial charge >= 0.3 is 0 Å². The van der Waals surface area contributed by atoms with Crippen molar-refractivity contribution in [2.24, 2.45) is 0 Å². The molecule has 0 saturated carbocycles. The molecule has 0 spiro atoms. The summed E-state index contributed by atoms with van der Waals surface area (Å²) in [5.41, 5.74) is 3.28. The average Bonchev–Trinajstić information content (AvgIpc) is 2.94. The Bertz CT molecular complexity index is 1590. The van der Waals surface area contributed by atoms with Gasteiger partial charge in [-0.25, -0.2) is 4.98 Å². The molecule has 0 radical (unpaired) electrons. The van der Waals surface area contributed by atoms with Crippen LogP contribution in [0.2, 0.25) is 0 Å². The number of benzene rings is 2. The smallest absolute Gasteiger partial charge is 0.248 e. The molecule has 2 aromatic carbocycles. The summed E-state index contributed by atoms with van der Waals surface area (Å²) < 4.78 is 11.7. The van der Waals surface area contributed by atoms with Gasteiger partial charge in [-0.3, -0.25) is 9.78 Å². The second kappa shape index (κ2) is 11.9. The number of hydrogen-bond donors (Lipinski definition) is 1. The zero-order valence-corrected chi connectivity index (χ0v) is 23.8. The first kappa shape index (κ1) is 28.2. The van der Waals surface area contributed by atoms with E-state index in [-0.39, 0.29) is 5.91 Å². The van der Waals surface area contributed by atoms with E-state index >= 15 is 0 Å². The van der Waals surface area contributed by atoms with Gasteiger partial charge in [0.05, 0.1) is 12.6 Å². The van der Waals surface area contributed by atoms with Crippen molar-refractivity contribution in [3.63, 3.8) is 0 Å². The fourth-order valence-corrected chi connectivity index (χ4v) is 4.13. The van der Waals surface area contributed by atoms with Crippen molar-refractivity contribution in [3.8, 4) is 28.7 Å². The van der Waals surface area contributed by atoms with Gasteiger partial charge in [0.25, 0.3) is 0 Å². The minimum atomic E-state index is -0.581. The Morgan fingerprint density at radius 2 is 1.77 bits per heavy atom. The first-order chi connectivity index (χ1) is 19.1. The molecule has 2 heterocycles. The van der Waals surface area contributed by atoms with Gasteiger partial charge < -0.3 is 19.7 Å². The van der Waals surface area contributed by atoms with E-state index in [9.17, 15) is 4.79 Å². The lowest BCUT2D eigenvalue weighted by molar-refractivity contribution is -0.121. The Balaban J connectivity index is 1.78. The van der Waals surface area contributed by atoms with Crippen molar-refractivity contribution in [1.29, 1.82) is 0 Å². The Hall–Kier alpha value is -4.83. The SMILES string of the molecule is C=C(OC(C)(C)C)N(C)C(C)C(=O)Nc1cc(-c2cccc3ncccc23)c(OC)c(C#Cc2ccccc2)n1. The molecule has 1 amide bonds. The number of anilines is 1. The Labute approximate surface area is 235 Å². The summed E-state index contributed by atoms with van der Waals surface area (Å²) in [5, 5.41) is 3.90. The molecule has 1 N–H and O–H groups in total. The summed E-state index contributed by atoms with van der Waals surface area (Å²) >= 11 is 0. The maximum Gasteiger partial charge on any atom is 0.248 e. The number of ether oxygens (including phenoxy) is 2. The van der Waals surface area contributed by atoms with E-state index < -0.39 is 11.6 Å². The Morgan fingerprint density at radius 3 is 2.48 bits per heavy atom. The fraction of sp³-hybridized carbons (Fsp3) is 0.242. The molecular weight excluding hydrogens is 500 g/mol. The van der Waals surface area contributed by atoms with Gasteiger partial charge in [-0.1, -0.05) is 42.3 Å². The van der Waals surface area contributed by atoms with Gasteiger partial charge in [-0.2, -0.15) is 0 Å². The molecule has 0 bridgehead atoms. The van der Waals surface area contributed by atoms with E-state index in [1.54, 1.807) is 38.2 Å². The van der Waals surface area contributed by atoms with Crippen LogP contribution >= 0.6 is 0 Å². The normalized spacial score (nSPS) is 11.7. The van der Waals surface area contributed by atoms with Gasteiger partial charge in [0, 0.05) is 29.8 Å². The largest absolute Gasteiger partial charge is 0.493 e. The number of carbonyl (C=O) groups is 1. The minimum Gasteiger partial charge on any atom is -0.493 e. The van der Waals surface area contributed by atoms with Gasteiger partial charge in [-0.05, 0) is 76.1 Å². The molecule has 0 saturated heterocycles. The van der Waals surface area contributed by atoms with Crippen molar-refractivity contribution in [2.75, 3.05) is 19.5 Å². The number of amides is 1. The number of likely N-dealkylation sites (N-methyl/N-ethyl adjacent to an activating group) is 1.